The molecule has 0 aromatic rings. The van der Waals surface area contributed by atoms with Gasteiger partial charge in [-0.15, -0.1) is 0 Å². The van der Waals surface area contributed by atoms with Crippen LogP contribution in [0.2, 0.25) is 0 Å². The summed E-state index contributed by atoms with van der Waals surface area (Å²) < 4.78 is 17.1. The number of hydrogen-bond donors (Lipinski definition) is 1. The second kappa shape index (κ2) is 11.8. The molecule has 0 aliphatic rings. The maximum absolute atomic E-state index is 12.0. The van der Waals surface area contributed by atoms with Gasteiger partial charge in [-0.2, -0.15) is 0 Å². The van der Waals surface area contributed by atoms with Crippen molar-refractivity contribution >= 4 is 5.97 Å². The first-order chi connectivity index (χ1) is 10.9. The summed E-state index contributed by atoms with van der Waals surface area (Å²) >= 11 is 0. The molecule has 0 heterocycles. The van der Waals surface area contributed by atoms with Crippen LogP contribution in [0.15, 0.2) is 0 Å². The SMILES string of the molecule is CCCCCCCCC(C)(C(=O)O)C(OCC)(OCC)OCC. The van der Waals surface area contributed by atoms with E-state index in [0.29, 0.717) is 26.2 Å². The van der Waals surface area contributed by atoms with E-state index in [1.54, 1.807) is 6.92 Å². The number of hydrogen-bond acceptors (Lipinski definition) is 4. The van der Waals surface area contributed by atoms with Crippen molar-refractivity contribution in [2.75, 3.05) is 19.8 Å². The summed E-state index contributed by atoms with van der Waals surface area (Å²) in [6, 6.07) is 0. The topological polar surface area (TPSA) is 65.0 Å². The van der Waals surface area contributed by atoms with Crippen molar-refractivity contribution in [1.29, 1.82) is 0 Å². The van der Waals surface area contributed by atoms with E-state index in [-0.39, 0.29) is 0 Å². The van der Waals surface area contributed by atoms with Crippen LogP contribution < -0.4 is 0 Å². The predicted molar refractivity (Wildman–Crippen MR) is 91.3 cm³/mol. The molecule has 23 heavy (non-hydrogen) atoms. The van der Waals surface area contributed by atoms with Gasteiger partial charge in [-0.05, 0) is 34.1 Å². The van der Waals surface area contributed by atoms with Crippen LogP contribution in [0.1, 0.15) is 79.6 Å². The van der Waals surface area contributed by atoms with Crippen LogP contribution in [0.4, 0.5) is 0 Å². The highest BCUT2D eigenvalue weighted by atomic mass is 16.9. The third-order valence-electron chi connectivity index (χ3n) is 4.18. The van der Waals surface area contributed by atoms with Crippen molar-refractivity contribution in [1.82, 2.24) is 0 Å². The number of carboxylic acids is 1. The van der Waals surface area contributed by atoms with Crippen molar-refractivity contribution < 1.29 is 24.1 Å². The predicted octanol–water partition coefficient (Wildman–Crippen LogP) is 4.59. The lowest BCUT2D eigenvalue weighted by Gasteiger charge is -2.43. The van der Waals surface area contributed by atoms with Crippen molar-refractivity contribution in [2.24, 2.45) is 5.41 Å². The Kier molecular flexibility index (Phi) is 11.5. The van der Waals surface area contributed by atoms with Gasteiger partial charge in [0.05, 0.1) is 0 Å². The summed E-state index contributed by atoms with van der Waals surface area (Å²) in [6.45, 7) is 10.3. The molecular weight excluding hydrogens is 296 g/mol. The average Bonchev–Trinajstić information content (AvgIpc) is 2.50. The van der Waals surface area contributed by atoms with Crippen molar-refractivity contribution in [3.63, 3.8) is 0 Å². The van der Waals surface area contributed by atoms with Crippen molar-refractivity contribution in [3.05, 3.63) is 0 Å². The maximum atomic E-state index is 12.0. The Balaban J connectivity index is 5.04. The third-order valence-corrected chi connectivity index (χ3v) is 4.18. The Morgan fingerprint density at radius 2 is 1.26 bits per heavy atom. The molecule has 0 spiro atoms. The lowest BCUT2D eigenvalue weighted by atomic mass is 9.81. The quantitative estimate of drug-likeness (QED) is 0.351. The van der Waals surface area contributed by atoms with E-state index in [2.05, 4.69) is 6.92 Å². The number of unbranched alkanes of at least 4 members (excludes halogenated alkanes) is 5. The second-order valence-electron chi connectivity index (χ2n) is 6.01. The van der Waals surface area contributed by atoms with Crippen LogP contribution in [0, 0.1) is 5.41 Å². The third kappa shape index (κ3) is 6.40. The van der Waals surface area contributed by atoms with E-state index in [4.69, 9.17) is 14.2 Å². The molecule has 0 bridgehead atoms. The minimum atomic E-state index is -1.53. The van der Waals surface area contributed by atoms with Gasteiger partial charge in [0, 0.05) is 19.8 Å². The summed E-state index contributed by atoms with van der Waals surface area (Å²) in [5.41, 5.74) is -1.24. The smallest absolute Gasteiger partial charge is 0.317 e. The Bertz CT molecular complexity index is 302. The summed E-state index contributed by atoms with van der Waals surface area (Å²) in [6.07, 6.45) is 7.08. The summed E-state index contributed by atoms with van der Waals surface area (Å²) in [4.78, 5) is 12.0. The zero-order chi connectivity index (χ0) is 17.8. The number of carboxylic acid groups (broad SMARTS) is 1. The number of aliphatic carboxylic acids is 1. The van der Waals surface area contributed by atoms with Gasteiger partial charge in [0.2, 0.25) is 0 Å². The van der Waals surface area contributed by atoms with Crippen LogP contribution in [-0.4, -0.2) is 36.9 Å². The number of ether oxygens (including phenoxy) is 3. The van der Waals surface area contributed by atoms with Gasteiger partial charge in [0.15, 0.2) is 0 Å². The Morgan fingerprint density at radius 3 is 1.65 bits per heavy atom. The first-order valence-electron chi connectivity index (χ1n) is 9.09. The molecule has 0 amide bonds. The van der Waals surface area contributed by atoms with Gasteiger partial charge in [-0.1, -0.05) is 45.4 Å². The molecule has 5 nitrogen and oxygen atoms in total. The normalized spacial score (nSPS) is 14.7. The lowest BCUT2D eigenvalue weighted by Crippen LogP contribution is -2.57. The molecule has 1 unspecified atom stereocenters. The minimum Gasteiger partial charge on any atom is -0.481 e. The second-order valence-corrected chi connectivity index (χ2v) is 6.01. The first-order valence-corrected chi connectivity index (χ1v) is 9.09. The number of rotatable bonds is 15. The Morgan fingerprint density at radius 1 is 0.826 bits per heavy atom. The van der Waals surface area contributed by atoms with Crippen LogP contribution in [-0.2, 0) is 19.0 Å². The standard InChI is InChI=1S/C18H36O5/c1-6-10-11-12-13-14-15-17(5,16(19)20)18(21-7-2,22-8-3)23-9-4/h6-15H2,1-5H3,(H,19,20). The van der Waals surface area contributed by atoms with Crippen LogP contribution in [0.5, 0.6) is 0 Å². The van der Waals surface area contributed by atoms with Gasteiger partial charge in [0.1, 0.15) is 5.41 Å². The van der Waals surface area contributed by atoms with Crippen LogP contribution in [0.25, 0.3) is 0 Å². The molecule has 1 N–H and O–H groups in total. The largest absolute Gasteiger partial charge is 0.481 e. The van der Waals surface area contributed by atoms with Crippen LogP contribution in [0.3, 0.4) is 0 Å². The summed E-state index contributed by atoms with van der Waals surface area (Å²) in [5, 5.41) is 9.85. The lowest BCUT2D eigenvalue weighted by molar-refractivity contribution is -0.419. The molecule has 0 aromatic carbocycles. The molecule has 0 aliphatic carbocycles. The Labute approximate surface area is 141 Å². The van der Waals surface area contributed by atoms with E-state index in [1.165, 1.54) is 19.3 Å². The highest BCUT2D eigenvalue weighted by Crippen LogP contribution is 2.42. The zero-order valence-corrected chi connectivity index (χ0v) is 15.7. The van der Waals surface area contributed by atoms with Crippen molar-refractivity contribution in [3.8, 4) is 0 Å². The van der Waals surface area contributed by atoms with Gasteiger partial charge in [-0.3, -0.25) is 4.79 Å². The van der Waals surface area contributed by atoms with Gasteiger partial charge < -0.3 is 19.3 Å². The Hall–Kier alpha value is -0.650. The van der Waals surface area contributed by atoms with Crippen LogP contribution >= 0.6 is 0 Å². The van der Waals surface area contributed by atoms with Gasteiger partial charge in [0.25, 0.3) is 5.97 Å². The minimum absolute atomic E-state index is 0.333. The summed E-state index contributed by atoms with van der Waals surface area (Å²) in [7, 11) is 0. The monoisotopic (exact) mass is 332 g/mol. The molecule has 0 saturated heterocycles. The fraction of sp³-hybridized carbons (Fsp3) is 0.944. The van der Waals surface area contributed by atoms with E-state index in [0.717, 1.165) is 19.3 Å². The average molecular weight is 332 g/mol. The molecular formula is C18H36O5. The van der Waals surface area contributed by atoms with E-state index in [1.807, 2.05) is 20.8 Å². The molecule has 0 fully saturated rings. The molecule has 1 atom stereocenters. The first kappa shape index (κ1) is 22.4. The molecule has 0 aliphatic heterocycles. The fourth-order valence-corrected chi connectivity index (χ4v) is 2.82. The molecule has 0 radical (unpaired) electrons. The summed E-state index contributed by atoms with van der Waals surface area (Å²) in [5.74, 6) is -2.47. The molecule has 5 heteroatoms. The zero-order valence-electron chi connectivity index (χ0n) is 15.7. The van der Waals surface area contributed by atoms with E-state index in [9.17, 15) is 9.90 Å². The van der Waals surface area contributed by atoms with E-state index < -0.39 is 17.4 Å². The molecule has 0 saturated carbocycles. The maximum Gasteiger partial charge on any atom is 0.317 e. The van der Waals surface area contributed by atoms with Gasteiger partial charge >= 0.3 is 5.97 Å². The van der Waals surface area contributed by atoms with Crippen molar-refractivity contribution in [2.45, 2.75) is 85.5 Å². The number of carbonyl (C=O) groups is 1. The molecule has 138 valence electrons. The van der Waals surface area contributed by atoms with E-state index >= 15 is 0 Å². The molecule has 0 aromatic heterocycles. The molecule has 0 rings (SSSR count). The fourth-order valence-electron chi connectivity index (χ4n) is 2.82. The highest BCUT2D eigenvalue weighted by molar-refractivity contribution is 5.75. The van der Waals surface area contributed by atoms with Gasteiger partial charge in [-0.25, -0.2) is 0 Å². The highest BCUT2D eigenvalue weighted by Gasteiger charge is 2.57.